The zero-order chi connectivity index (χ0) is 13.0. The van der Waals surface area contributed by atoms with Gasteiger partial charge in [-0.2, -0.15) is 0 Å². The van der Waals surface area contributed by atoms with E-state index < -0.39 is 17.8 Å². The van der Waals surface area contributed by atoms with Crippen LogP contribution in [0.4, 0.5) is 0 Å². The summed E-state index contributed by atoms with van der Waals surface area (Å²) in [5.74, 6) is -1.48. The minimum Gasteiger partial charge on any atom is -0.466 e. The van der Waals surface area contributed by atoms with E-state index >= 15 is 0 Å². The van der Waals surface area contributed by atoms with E-state index in [0.717, 1.165) is 0 Å². The topological polar surface area (TPSA) is 66.9 Å². The lowest BCUT2D eigenvalue weighted by atomic mass is 10.2. The van der Waals surface area contributed by atoms with Gasteiger partial charge in [0.05, 0.1) is 7.11 Å². The number of methoxy groups -OCH3 is 1. The van der Waals surface area contributed by atoms with E-state index in [0.29, 0.717) is 18.7 Å². The molecule has 0 aromatic carbocycles. The summed E-state index contributed by atoms with van der Waals surface area (Å²) in [6, 6.07) is 0. The second kappa shape index (κ2) is 5.47. The number of likely N-dealkylation sites (N-methyl/N-ethyl adjacent to an activating group) is 1. The fourth-order valence-corrected chi connectivity index (χ4v) is 1.44. The van der Waals surface area contributed by atoms with Crippen LogP contribution >= 0.6 is 0 Å². The molecule has 0 spiro atoms. The molecule has 6 heteroatoms. The van der Waals surface area contributed by atoms with Crippen LogP contribution in [0.15, 0.2) is 11.6 Å². The van der Waals surface area contributed by atoms with Gasteiger partial charge >= 0.3 is 17.8 Å². The Morgan fingerprint density at radius 2 is 2.00 bits per heavy atom. The number of amides is 2. The number of piperazine rings is 1. The summed E-state index contributed by atoms with van der Waals surface area (Å²) in [5, 5.41) is 0. The standard InChI is InChI=1S/C11H16N2O4/c1-8(11(16)17-3)4-5-13-7-6-12(2)9(14)10(13)15/h4H,5-7H2,1-3H3. The first-order valence-electron chi connectivity index (χ1n) is 5.26. The van der Waals surface area contributed by atoms with Crippen molar-refractivity contribution in [1.82, 2.24) is 9.80 Å². The van der Waals surface area contributed by atoms with Crippen LogP contribution in [-0.4, -0.2) is 61.4 Å². The molecule has 0 unspecified atom stereocenters. The van der Waals surface area contributed by atoms with Crippen LogP contribution in [0.2, 0.25) is 0 Å². The average Bonchev–Trinajstić information content (AvgIpc) is 2.33. The quantitative estimate of drug-likeness (QED) is 0.375. The van der Waals surface area contributed by atoms with Crippen LogP contribution in [0.5, 0.6) is 0 Å². The van der Waals surface area contributed by atoms with Gasteiger partial charge in [-0.05, 0) is 6.92 Å². The maximum absolute atomic E-state index is 11.6. The Morgan fingerprint density at radius 3 is 2.59 bits per heavy atom. The summed E-state index contributed by atoms with van der Waals surface area (Å²) in [4.78, 5) is 36.9. The zero-order valence-electron chi connectivity index (χ0n) is 10.2. The molecule has 1 saturated heterocycles. The molecule has 0 aliphatic carbocycles. The number of carbonyl (C=O) groups excluding carboxylic acids is 3. The third-order valence-corrected chi connectivity index (χ3v) is 2.65. The van der Waals surface area contributed by atoms with E-state index in [9.17, 15) is 14.4 Å². The van der Waals surface area contributed by atoms with Crippen molar-refractivity contribution in [2.75, 3.05) is 33.8 Å². The molecular weight excluding hydrogens is 224 g/mol. The minimum atomic E-state index is -0.535. The van der Waals surface area contributed by atoms with Gasteiger partial charge in [-0.25, -0.2) is 4.79 Å². The molecule has 94 valence electrons. The average molecular weight is 240 g/mol. The molecule has 0 atom stereocenters. The highest BCUT2D eigenvalue weighted by molar-refractivity contribution is 6.35. The van der Waals surface area contributed by atoms with Gasteiger partial charge < -0.3 is 14.5 Å². The smallest absolute Gasteiger partial charge is 0.333 e. The normalized spacial score (nSPS) is 17.5. The van der Waals surface area contributed by atoms with Crippen LogP contribution in [0, 0.1) is 0 Å². The van der Waals surface area contributed by atoms with Crippen molar-refractivity contribution in [3.63, 3.8) is 0 Å². The fourth-order valence-electron chi connectivity index (χ4n) is 1.44. The first-order valence-corrected chi connectivity index (χ1v) is 5.26. The number of hydrogen-bond acceptors (Lipinski definition) is 4. The Balaban J connectivity index is 2.62. The fraction of sp³-hybridized carbons (Fsp3) is 0.545. The molecule has 2 amide bonds. The highest BCUT2D eigenvalue weighted by Gasteiger charge is 2.29. The summed E-state index contributed by atoms with van der Waals surface area (Å²) in [5.41, 5.74) is 0.423. The largest absolute Gasteiger partial charge is 0.466 e. The van der Waals surface area contributed by atoms with Crippen molar-refractivity contribution in [1.29, 1.82) is 0 Å². The Labute approximate surface area is 99.8 Å². The van der Waals surface area contributed by atoms with E-state index in [1.807, 2.05) is 0 Å². The summed E-state index contributed by atoms with van der Waals surface area (Å²) >= 11 is 0. The van der Waals surface area contributed by atoms with E-state index in [2.05, 4.69) is 4.74 Å². The van der Waals surface area contributed by atoms with Crippen molar-refractivity contribution in [2.45, 2.75) is 6.92 Å². The van der Waals surface area contributed by atoms with Crippen molar-refractivity contribution in [3.8, 4) is 0 Å². The molecule has 0 bridgehead atoms. The van der Waals surface area contributed by atoms with Gasteiger partial charge in [0, 0.05) is 32.3 Å². The monoisotopic (exact) mass is 240 g/mol. The highest BCUT2D eigenvalue weighted by atomic mass is 16.5. The molecule has 1 aliphatic rings. The second-order valence-electron chi connectivity index (χ2n) is 3.86. The number of nitrogens with zero attached hydrogens (tertiary/aromatic N) is 2. The SMILES string of the molecule is COC(=O)C(C)=CCN1CCN(C)C(=O)C1=O. The Morgan fingerprint density at radius 1 is 1.35 bits per heavy atom. The molecule has 0 saturated carbocycles. The molecule has 0 N–H and O–H groups in total. The van der Waals surface area contributed by atoms with Crippen LogP contribution in [0.3, 0.4) is 0 Å². The summed E-state index contributed by atoms with van der Waals surface area (Å²) in [7, 11) is 2.89. The molecule has 6 nitrogen and oxygen atoms in total. The van der Waals surface area contributed by atoms with Crippen LogP contribution in [0.25, 0.3) is 0 Å². The van der Waals surface area contributed by atoms with Gasteiger partial charge in [0.25, 0.3) is 0 Å². The van der Waals surface area contributed by atoms with Crippen molar-refractivity contribution >= 4 is 17.8 Å². The number of ether oxygens (including phenoxy) is 1. The molecule has 1 rings (SSSR count). The van der Waals surface area contributed by atoms with Gasteiger partial charge in [0.15, 0.2) is 0 Å². The van der Waals surface area contributed by atoms with Crippen molar-refractivity contribution in [2.24, 2.45) is 0 Å². The third kappa shape index (κ3) is 3.05. The molecule has 0 radical (unpaired) electrons. The number of hydrogen-bond donors (Lipinski definition) is 0. The van der Waals surface area contributed by atoms with Crippen molar-refractivity contribution in [3.05, 3.63) is 11.6 Å². The van der Waals surface area contributed by atoms with E-state index in [1.165, 1.54) is 16.9 Å². The van der Waals surface area contributed by atoms with Crippen LogP contribution in [-0.2, 0) is 19.1 Å². The lowest BCUT2D eigenvalue weighted by molar-refractivity contribution is -0.154. The molecule has 1 aliphatic heterocycles. The van der Waals surface area contributed by atoms with E-state index in [4.69, 9.17) is 0 Å². The van der Waals surface area contributed by atoms with Gasteiger partial charge in [-0.15, -0.1) is 0 Å². The second-order valence-corrected chi connectivity index (χ2v) is 3.86. The molecule has 1 fully saturated rings. The Bertz CT molecular complexity index is 376. The predicted molar refractivity (Wildman–Crippen MR) is 60.0 cm³/mol. The first-order chi connectivity index (χ1) is 7.97. The minimum absolute atomic E-state index is 0.249. The molecular formula is C11H16N2O4. The number of rotatable bonds is 3. The van der Waals surface area contributed by atoms with Crippen LogP contribution < -0.4 is 0 Å². The summed E-state index contributed by atoms with van der Waals surface area (Å²) in [6.45, 7) is 2.84. The first kappa shape index (κ1) is 13.2. The van der Waals surface area contributed by atoms with E-state index in [1.54, 1.807) is 20.0 Å². The maximum atomic E-state index is 11.6. The Kier molecular flexibility index (Phi) is 4.25. The predicted octanol–water partition coefficient (Wildman–Crippen LogP) is -0.594. The third-order valence-electron chi connectivity index (χ3n) is 2.65. The zero-order valence-corrected chi connectivity index (χ0v) is 10.2. The molecule has 17 heavy (non-hydrogen) atoms. The maximum Gasteiger partial charge on any atom is 0.333 e. The highest BCUT2D eigenvalue weighted by Crippen LogP contribution is 2.04. The van der Waals surface area contributed by atoms with Crippen LogP contribution in [0.1, 0.15) is 6.92 Å². The van der Waals surface area contributed by atoms with Gasteiger partial charge in [0.2, 0.25) is 0 Å². The van der Waals surface area contributed by atoms with Gasteiger partial charge in [-0.3, -0.25) is 9.59 Å². The van der Waals surface area contributed by atoms with Gasteiger partial charge in [0.1, 0.15) is 0 Å². The molecule has 0 aromatic heterocycles. The summed E-state index contributed by atoms with van der Waals surface area (Å²) < 4.78 is 4.53. The molecule has 1 heterocycles. The molecule has 0 aromatic rings. The Hall–Kier alpha value is -1.85. The number of esters is 1. The van der Waals surface area contributed by atoms with Gasteiger partial charge in [-0.1, -0.05) is 6.08 Å². The van der Waals surface area contributed by atoms with E-state index in [-0.39, 0.29) is 6.54 Å². The lowest BCUT2D eigenvalue weighted by Gasteiger charge is -2.30. The lowest BCUT2D eigenvalue weighted by Crippen LogP contribution is -2.52. The summed E-state index contributed by atoms with van der Waals surface area (Å²) in [6.07, 6.45) is 1.59. The van der Waals surface area contributed by atoms with Crippen molar-refractivity contribution < 1.29 is 19.1 Å². The number of carbonyl (C=O) groups is 3.